The predicted octanol–water partition coefficient (Wildman–Crippen LogP) is 2.83. The summed E-state index contributed by atoms with van der Waals surface area (Å²) in [4.78, 5) is 0. The van der Waals surface area contributed by atoms with Crippen molar-refractivity contribution in [3.05, 3.63) is 0 Å². The molecule has 0 aromatic carbocycles. The monoisotopic (exact) mass is 192 g/mol. The molecule has 1 aliphatic rings. The van der Waals surface area contributed by atoms with Crippen LogP contribution < -0.4 is 0 Å². The summed E-state index contributed by atoms with van der Waals surface area (Å²) in [6.07, 6.45) is 0.419. The van der Waals surface area contributed by atoms with Crippen LogP contribution >= 0.6 is 0 Å². The van der Waals surface area contributed by atoms with Crippen molar-refractivity contribution in [2.45, 2.75) is 52.1 Å². The minimum atomic E-state index is -2.93. The van der Waals surface area contributed by atoms with E-state index in [2.05, 4.69) is 0 Å². The molecule has 13 heavy (non-hydrogen) atoms. The Kier molecular flexibility index (Phi) is 2.68. The number of rotatable bonds is 3. The van der Waals surface area contributed by atoms with E-state index in [1.807, 2.05) is 0 Å². The molecule has 0 aromatic rings. The van der Waals surface area contributed by atoms with E-state index in [9.17, 15) is 13.9 Å². The van der Waals surface area contributed by atoms with E-state index in [1.54, 1.807) is 20.8 Å². The van der Waals surface area contributed by atoms with Crippen molar-refractivity contribution in [3.63, 3.8) is 0 Å². The van der Waals surface area contributed by atoms with Crippen LogP contribution in [-0.2, 0) is 0 Å². The standard InChI is InChI=1S/C10H18F2O/c1-7(2)8(13)10(11,12)9(3)5-4-6-9/h7-8,13H,4-6H2,1-3H3. The lowest BCUT2D eigenvalue weighted by Gasteiger charge is -2.47. The van der Waals surface area contributed by atoms with Crippen LogP contribution in [0.1, 0.15) is 40.0 Å². The molecule has 1 N–H and O–H groups in total. The number of hydrogen-bond donors (Lipinski definition) is 1. The average molecular weight is 192 g/mol. The van der Waals surface area contributed by atoms with E-state index >= 15 is 0 Å². The fourth-order valence-corrected chi connectivity index (χ4v) is 1.82. The maximum Gasteiger partial charge on any atom is 0.278 e. The summed E-state index contributed by atoms with van der Waals surface area (Å²) < 4.78 is 27.3. The van der Waals surface area contributed by atoms with Crippen molar-refractivity contribution in [1.29, 1.82) is 0 Å². The van der Waals surface area contributed by atoms with Gasteiger partial charge in [0.05, 0.1) is 0 Å². The molecule has 0 spiro atoms. The molecule has 1 atom stereocenters. The first-order chi connectivity index (χ1) is 5.81. The first-order valence-electron chi connectivity index (χ1n) is 4.87. The van der Waals surface area contributed by atoms with Crippen molar-refractivity contribution in [3.8, 4) is 0 Å². The van der Waals surface area contributed by atoms with Crippen LogP contribution in [0.5, 0.6) is 0 Å². The van der Waals surface area contributed by atoms with Gasteiger partial charge in [0.1, 0.15) is 6.10 Å². The largest absolute Gasteiger partial charge is 0.387 e. The Balaban J connectivity index is 2.74. The second-order valence-corrected chi connectivity index (χ2v) is 4.73. The van der Waals surface area contributed by atoms with Gasteiger partial charge in [0.25, 0.3) is 5.92 Å². The third-order valence-corrected chi connectivity index (χ3v) is 3.26. The van der Waals surface area contributed by atoms with Gasteiger partial charge in [0.2, 0.25) is 0 Å². The van der Waals surface area contributed by atoms with Gasteiger partial charge in [-0.25, -0.2) is 8.78 Å². The summed E-state index contributed by atoms with van der Waals surface area (Å²) >= 11 is 0. The zero-order valence-electron chi connectivity index (χ0n) is 8.48. The maximum atomic E-state index is 13.6. The van der Waals surface area contributed by atoms with Crippen LogP contribution in [0.2, 0.25) is 0 Å². The third kappa shape index (κ3) is 1.58. The van der Waals surface area contributed by atoms with E-state index in [4.69, 9.17) is 0 Å². The molecule has 0 amide bonds. The highest BCUT2D eigenvalue weighted by Gasteiger charge is 2.58. The van der Waals surface area contributed by atoms with Gasteiger partial charge < -0.3 is 5.11 Å². The van der Waals surface area contributed by atoms with Crippen LogP contribution in [0.15, 0.2) is 0 Å². The molecule has 1 rings (SSSR count). The van der Waals surface area contributed by atoms with E-state index in [0.717, 1.165) is 6.42 Å². The van der Waals surface area contributed by atoms with Gasteiger partial charge in [-0.3, -0.25) is 0 Å². The van der Waals surface area contributed by atoms with Crippen LogP contribution in [0, 0.1) is 11.3 Å². The van der Waals surface area contributed by atoms with Gasteiger partial charge >= 0.3 is 0 Å². The van der Waals surface area contributed by atoms with Gasteiger partial charge in [-0.15, -0.1) is 0 Å². The number of hydrogen-bond acceptors (Lipinski definition) is 1. The minimum absolute atomic E-state index is 0.382. The van der Waals surface area contributed by atoms with E-state index in [1.165, 1.54) is 0 Å². The van der Waals surface area contributed by atoms with E-state index in [-0.39, 0.29) is 5.92 Å². The average Bonchev–Trinajstić information content (AvgIpc) is 1.98. The molecule has 0 saturated heterocycles. The lowest BCUT2D eigenvalue weighted by Crippen LogP contribution is -2.53. The molecule has 1 fully saturated rings. The SMILES string of the molecule is CC(C)C(O)C(F)(F)C1(C)CCC1. The van der Waals surface area contributed by atoms with Crippen molar-refractivity contribution in [2.24, 2.45) is 11.3 Å². The number of alkyl halides is 2. The molecule has 0 aliphatic heterocycles. The molecular weight excluding hydrogens is 174 g/mol. The predicted molar refractivity (Wildman–Crippen MR) is 47.7 cm³/mol. The van der Waals surface area contributed by atoms with E-state index < -0.39 is 17.4 Å². The van der Waals surface area contributed by atoms with Gasteiger partial charge in [0.15, 0.2) is 0 Å². The summed E-state index contributed by atoms with van der Waals surface area (Å²) in [5, 5.41) is 9.40. The highest BCUT2D eigenvalue weighted by molar-refractivity contribution is 4.99. The second kappa shape index (κ2) is 3.19. The van der Waals surface area contributed by atoms with Crippen LogP contribution in [-0.4, -0.2) is 17.1 Å². The Morgan fingerprint density at radius 2 is 1.77 bits per heavy atom. The molecule has 1 nitrogen and oxygen atoms in total. The van der Waals surface area contributed by atoms with Gasteiger partial charge in [-0.2, -0.15) is 0 Å². The lowest BCUT2D eigenvalue weighted by atomic mass is 9.63. The summed E-state index contributed by atoms with van der Waals surface area (Å²) in [7, 11) is 0. The minimum Gasteiger partial charge on any atom is -0.387 e. The molecular formula is C10H18F2O. The fraction of sp³-hybridized carbons (Fsp3) is 1.00. The Morgan fingerprint density at radius 3 is 2.00 bits per heavy atom. The summed E-state index contributed by atoms with van der Waals surface area (Å²) in [5.41, 5.74) is -0.962. The molecule has 1 aliphatic carbocycles. The molecule has 0 radical (unpaired) electrons. The zero-order chi connectivity index (χ0) is 10.3. The van der Waals surface area contributed by atoms with Crippen LogP contribution in [0.25, 0.3) is 0 Å². The molecule has 0 bridgehead atoms. The van der Waals surface area contributed by atoms with Crippen molar-refractivity contribution < 1.29 is 13.9 Å². The summed E-state index contributed by atoms with van der Waals surface area (Å²) in [6.45, 7) is 4.82. The van der Waals surface area contributed by atoms with Crippen molar-refractivity contribution in [1.82, 2.24) is 0 Å². The van der Waals surface area contributed by atoms with Gasteiger partial charge in [-0.05, 0) is 18.8 Å². The normalized spacial score (nSPS) is 24.2. The van der Waals surface area contributed by atoms with Crippen molar-refractivity contribution >= 4 is 0 Å². The molecule has 0 aromatic heterocycles. The number of aliphatic hydroxyl groups excluding tert-OH is 1. The highest BCUT2D eigenvalue weighted by Crippen LogP contribution is 2.54. The smallest absolute Gasteiger partial charge is 0.278 e. The van der Waals surface area contributed by atoms with Gasteiger partial charge in [-0.1, -0.05) is 27.2 Å². The molecule has 0 heterocycles. The Labute approximate surface area is 78.1 Å². The third-order valence-electron chi connectivity index (χ3n) is 3.26. The Morgan fingerprint density at radius 1 is 1.31 bits per heavy atom. The second-order valence-electron chi connectivity index (χ2n) is 4.73. The Hall–Kier alpha value is -0.180. The molecule has 78 valence electrons. The maximum absolute atomic E-state index is 13.6. The van der Waals surface area contributed by atoms with E-state index in [0.29, 0.717) is 12.8 Å². The molecule has 1 unspecified atom stereocenters. The highest BCUT2D eigenvalue weighted by atomic mass is 19.3. The molecule has 3 heteroatoms. The topological polar surface area (TPSA) is 20.2 Å². The first kappa shape index (κ1) is 10.9. The summed E-state index contributed by atoms with van der Waals surface area (Å²) in [6, 6.07) is 0. The van der Waals surface area contributed by atoms with Crippen LogP contribution in [0.4, 0.5) is 8.78 Å². The van der Waals surface area contributed by atoms with Crippen LogP contribution in [0.3, 0.4) is 0 Å². The summed E-state index contributed by atoms with van der Waals surface area (Å²) in [5.74, 6) is -3.31. The first-order valence-corrected chi connectivity index (χ1v) is 4.87. The zero-order valence-corrected chi connectivity index (χ0v) is 8.48. The molecule has 1 saturated carbocycles. The Bertz CT molecular complexity index is 185. The quantitative estimate of drug-likeness (QED) is 0.729. The van der Waals surface area contributed by atoms with Gasteiger partial charge in [0, 0.05) is 5.41 Å². The number of aliphatic hydroxyl groups is 1. The lowest BCUT2D eigenvalue weighted by molar-refractivity contribution is -0.222. The number of halogens is 2. The fourth-order valence-electron chi connectivity index (χ4n) is 1.82. The van der Waals surface area contributed by atoms with Crippen molar-refractivity contribution in [2.75, 3.05) is 0 Å².